The molecular formula is C18H23Cl2N3O2. The normalized spacial score (nSPS) is 15.4. The number of amides is 1. The van der Waals surface area contributed by atoms with Gasteiger partial charge in [0.05, 0.1) is 5.54 Å². The van der Waals surface area contributed by atoms with Gasteiger partial charge < -0.3 is 15.8 Å². The van der Waals surface area contributed by atoms with E-state index in [2.05, 4.69) is 10.3 Å². The number of rotatable bonds is 4. The van der Waals surface area contributed by atoms with Gasteiger partial charge in [0.2, 0.25) is 5.91 Å². The maximum atomic E-state index is 12.3. The standard InChI is InChI=1S/C18H21N3O2.2ClH/c19-18(7-10-23-11-8-18)17(22)21-12-14-3-5-15(6-4-14)16-2-1-9-20-13-16;;/h1-6,9,13H,7-8,10-12,19H2,(H,21,22);2*1H. The van der Waals surface area contributed by atoms with Crippen LogP contribution in [0.4, 0.5) is 0 Å². The summed E-state index contributed by atoms with van der Waals surface area (Å²) in [6.45, 7) is 1.57. The molecule has 1 aliphatic rings. The van der Waals surface area contributed by atoms with Gasteiger partial charge in [0.15, 0.2) is 0 Å². The first-order valence-electron chi connectivity index (χ1n) is 7.82. The molecule has 1 aromatic heterocycles. The maximum absolute atomic E-state index is 12.3. The number of ether oxygens (including phenoxy) is 1. The molecule has 7 heteroatoms. The van der Waals surface area contributed by atoms with Crippen LogP contribution in [-0.4, -0.2) is 29.6 Å². The molecular weight excluding hydrogens is 361 g/mol. The number of carbonyl (C=O) groups excluding carboxylic acids is 1. The summed E-state index contributed by atoms with van der Waals surface area (Å²) in [5.41, 5.74) is 8.59. The first-order chi connectivity index (χ1) is 11.2. The highest BCUT2D eigenvalue weighted by Crippen LogP contribution is 2.20. The van der Waals surface area contributed by atoms with E-state index in [1.165, 1.54) is 0 Å². The Morgan fingerprint density at radius 2 is 1.80 bits per heavy atom. The van der Waals surface area contributed by atoms with Crippen molar-refractivity contribution in [1.82, 2.24) is 10.3 Å². The number of halogens is 2. The third-order valence-electron chi connectivity index (χ3n) is 4.24. The molecule has 0 atom stereocenters. The topological polar surface area (TPSA) is 77.2 Å². The summed E-state index contributed by atoms with van der Waals surface area (Å²) >= 11 is 0. The summed E-state index contributed by atoms with van der Waals surface area (Å²) < 4.78 is 5.27. The van der Waals surface area contributed by atoms with Crippen molar-refractivity contribution < 1.29 is 9.53 Å². The Hall–Kier alpha value is -1.66. The van der Waals surface area contributed by atoms with E-state index < -0.39 is 5.54 Å². The summed E-state index contributed by atoms with van der Waals surface area (Å²) in [6, 6.07) is 12.0. The summed E-state index contributed by atoms with van der Waals surface area (Å²) in [4.78, 5) is 16.4. The fraction of sp³-hybridized carbons (Fsp3) is 0.333. The highest BCUT2D eigenvalue weighted by Gasteiger charge is 2.35. The van der Waals surface area contributed by atoms with Crippen molar-refractivity contribution in [1.29, 1.82) is 0 Å². The lowest BCUT2D eigenvalue weighted by Crippen LogP contribution is -2.56. The molecule has 2 heterocycles. The molecule has 1 amide bonds. The number of pyridine rings is 1. The van der Waals surface area contributed by atoms with Crippen molar-refractivity contribution in [2.75, 3.05) is 13.2 Å². The molecule has 1 saturated heterocycles. The Morgan fingerprint density at radius 1 is 1.12 bits per heavy atom. The van der Waals surface area contributed by atoms with Crippen LogP contribution in [0.3, 0.4) is 0 Å². The number of nitrogens with zero attached hydrogens (tertiary/aromatic N) is 1. The van der Waals surface area contributed by atoms with Crippen LogP contribution in [0.2, 0.25) is 0 Å². The van der Waals surface area contributed by atoms with Crippen molar-refractivity contribution in [3.05, 3.63) is 54.4 Å². The number of aromatic nitrogens is 1. The predicted octanol–water partition coefficient (Wildman–Crippen LogP) is 2.72. The monoisotopic (exact) mass is 383 g/mol. The van der Waals surface area contributed by atoms with Gasteiger partial charge in [-0.3, -0.25) is 9.78 Å². The molecule has 0 spiro atoms. The molecule has 0 radical (unpaired) electrons. The Labute approximate surface area is 160 Å². The number of carbonyl (C=O) groups is 1. The molecule has 0 bridgehead atoms. The summed E-state index contributed by atoms with van der Waals surface area (Å²) in [6.07, 6.45) is 4.73. The van der Waals surface area contributed by atoms with Crippen LogP contribution in [0.1, 0.15) is 18.4 Å². The number of hydrogen-bond donors (Lipinski definition) is 2. The molecule has 0 unspecified atom stereocenters. The van der Waals surface area contributed by atoms with Gasteiger partial charge in [-0.05, 0) is 35.6 Å². The van der Waals surface area contributed by atoms with E-state index in [4.69, 9.17) is 10.5 Å². The second-order valence-corrected chi connectivity index (χ2v) is 5.89. The lowest BCUT2D eigenvalue weighted by atomic mass is 9.90. The molecule has 136 valence electrons. The first-order valence-corrected chi connectivity index (χ1v) is 7.82. The Bertz CT molecular complexity index is 660. The minimum absolute atomic E-state index is 0. The highest BCUT2D eigenvalue weighted by atomic mass is 35.5. The van der Waals surface area contributed by atoms with Crippen molar-refractivity contribution in [3.63, 3.8) is 0 Å². The van der Waals surface area contributed by atoms with Crippen LogP contribution in [-0.2, 0) is 16.1 Å². The second-order valence-electron chi connectivity index (χ2n) is 5.89. The predicted molar refractivity (Wildman–Crippen MR) is 103 cm³/mol. The Kier molecular flexibility index (Phi) is 8.32. The van der Waals surface area contributed by atoms with Crippen molar-refractivity contribution in [3.8, 4) is 11.1 Å². The maximum Gasteiger partial charge on any atom is 0.240 e. The smallest absolute Gasteiger partial charge is 0.240 e. The number of nitrogens with one attached hydrogen (secondary N) is 1. The van der Waals surface area contributed by atoms with Gasteiger partial charge in [0, 0.05) is 32.2 Å². The zero-order valence-corrected chi connectivity index (χ0v) is 15.4. The summed E-state index contributed by atoms with van der Waals surface area (Å²) in [7, 11) is 0. The van der Waals surface area contributed by atoms with Gasteiger partial charge in [-0.15, -0.1) is 24.8 Å². The molecule has 25 heavy (non-hydrogen) atoms. The summed E-state index contributed by atoms with van der Waals surface area (Å²) in [5, 5.41) is 2.94. The molecule has 3 rings (SSSR count). The average Bonchev–Trinajstić information content (AvgIpc) is 2.61. The van der Waals surface area contributed by atoms with Crippen molar-refractivity contribution in [2.45, 2.75) is 24.9 Å². The third-order valence-corrected chi connectivity index (χ3v) is 4.24. The Balaban J connectivity index is 0.00000156. The van der Waals surface area contributed by atoms with Crippen LogP contribution in [0.25, 0.3) is 11.1 Å². The molecule has 0 saturated carbocycles. The number of nitrogens with two attached hydrogens (primary N) is 1. The lowest BCUT2D eigenvalue weighted by molar-refractivity contribution is -0.129. The van der Waals surface area contributed by atoms with Crippen LogP contribution < -0.4 is 11.1 Å². The summed E-state index contributed by atoms with van der Waals surface area (Å²) in [5.74, 6) is -0.0999. The van der Waals surface area contributed by atoms with Gasteiger partial charge in [-0.1, -0.05) is 30.3 Å². The third kappa shape index (κ3) is 5.41. The zero-order chi connectivity index (χ0) is 16.1. The van der Waals surface area contributed by atoms with Crippen molar-refractivity contribution in [2.24, 2.45) is 5.73 Å². The molecule has 3 N–H and O–H groups in total. The molecule has 2 aromatic rings. The fourth-order valence-corrected chi connectivity index (χ4v) is 2.67. The number of hydrogen-bond acceptors (Lipinski definition) is 4. The van der Waals surface area contributed by atoms with Gasteiger partial charge in [-0.25, -0.2) is 0 Å². The lowest BCUT2D eigenvalue weighted by Gasteiger charge is -2.31. The highest BCUT2D eigenvalue weighted by molar-refractivity contribution is 5.86. The molecule has 0 aliphatic carbocycles. The van der Waals surface area contributed by atoms with Crippen molar-refractivity contribution >= 4 is 30.7 Å². The van der Waals surface area contributed by atoms with Crippen LogP contribution in [0.5, 0.6) is 0 Å². The molecule has 5 nitrogen and oxygen atoms in total. The largest absolute Gasteiger partial charge is 0.381 e. The first kappa shape index (κ1) is 21.4. The van der Waals surface area contributed by atoms with E-state index in [1.807, 2.05) is 42.6 Å². The molecule has 1 aromatic carbocycles. The van der Waals surface area contributed by atoms with E-state index in [9.17, 15) is 4.79 Å². The van der Waals surface area contributed by atoms with E-state index in [0.29, 0.717) is 32.6 Å². The quantitative estimate of drug-likeness (QED) is 0.850. The van der Waals surface area contributed by atoms with Crippen LogP contribution in [0.15, 0.2) is 48.8 Å². The minimum atomic E-state index is -0.798. The zero-order valence-electron chi connectivity index (χ0n) is 13.8. The van der Waals surface area contributed by atoms with E-state index in [0.717, 1.165) is 16.7 Å². The van der Waals surface area contributed by atoms with Gasteiger partial charge in [-0.2, -0.15) is 0 Å². The SMILES string of the molecule is Cl.Cl.NC1(C(=O)NCc2ccc(-c3cccnc3)cc2)CCOCC1. The van der Waals surface area contributed by atoms with Crippen LogP contribution >= 0.6 is 24.8 Å². The minimum Gasteiger partial charge on any atom is -0.381 e. The average molecular weight is 384 g/mol. The van der Waals surface area contributed by atoms with Gasteiger partial charge in [0.1, 0.15) is 0 Å². The molecule has 1 aliphatic heterocycles. The van der Waals surface area contributed by atoms with E-state index >= 15 is 0 Å². The van der Waals surface area contributed by atoms with E-state index in [-0.39, 0.29) is 30.7 Å². The van der Waals surface area contributed by atoms with Gasteiger partial charge in [0.25, 0.3) is 0 Å². The Morgan fingerprint density at radius 3 is 2.40 bits per heavy atom. The fourth-order valence-electron chi connectivity index (χ4n) is 2.67. The number of benzene rings is 1. The second kappa shape index (κ2) is 9.73. The van der Waals surface area contributed by atoms with E-state index in [1.54, 1.807) is 6.20 Å². The van der Waals surface area contributed by atoms with Gasteiger partial charge >= 0.3 is 0 Å². The van der Waals surface area contributed by atoms with Crippen LogP contribution in [0, 0.1) is 0 Å². The molecule has 1 fully saturated rings.